The van der Waals surface area contributed by atoms with Crippen LogP contribution in [-0.2, 0) is 14.3 Å². The molecular weight excluding hydrogens is 332 g/mol. The molecular formula is C15H28N4O6. The van der Waals surface area contributed by atoms with Gasteiger partial charge >= 0.3 is 11.7 Å². The molecule has 1 aliphatic rings. The number of ether oxygens (including phenoxy) is 2. The molecule has 0 aliphatic carbocycles. The minimum Gasteiger partial charge on any atom is -0.462 e. The molecule has 0 aromatic carbocycles. The maximum atomic E-state index is 11.7. The smallest absolute Gasteiger partial charge is 0.351 e. The number of carbonyl (C=O) groups excluding carboxylic acids is 1. The summed E-state index contributed by atoms with van der Waals surface area (Å²) in [7, 11) is 1.00. The largest absolute Gasteiger partial charge is 0.462 e. The highest BCUT2D eigenvalue weighted by molar-refractivity contribution is 5.71. The van der Waals surface area contributed by atoms with Crippen molar-refractivity contribution < 1.29 is 24.6 Å². The van der Waals surface area contributed by atoms with Gasteiger partial charge in [0.2, 0.25) is 0 Å². The Labute approximate surface area is 146 Å². The monoisotopic (exact) mass is 360 g/mol. The molecule has 1 aliphatic heterocycles. The number of nitrogens with one attached hydrogen (secondary N) is 1. The molecule has 10 nitrogen and oxygen atoms in total. The van der Waals surface area contributed by atoms with Gasteiger partial charge in [0.1, 0.15) is 12.8 Å². The van der Waals surface area contributed by atoms with Gasteiger partial charge in [-0.1, -0.05) is 20.3 Å². The average molecular weight is 360 g/mol. The van der Waals surface area contributed by atoms with Gasteiger partial charge in [-0.05, 0) is 18.9 Å². The van der Waals surface area contributed by atoms with E-state index < -0.39 is 17.9 Å². The molecule has 0 radical (unpaired) electrons. The number of nitrogens with zero attached hydrogens (tertiary/aromatic N) is 2. The van der Waals surface area contributed by atoms with Crippen LogP contribution >= 0.6 is 0 Å². The highest BCUT2D eigenvalue weighted by Crippen LogP contribution is 2.27. The third-order valence-corrected chi connectivity index (χ3v) is 2.94. The summed E-state index contributed by atoms with van der Waals surface area (Å²) in [5.41, 5.74) is 6.39. The molecule has 2 unspecified atom stereocenters. The van der Waals surface area contributed by atoms with Crippen LogP contribution in [0.4, 0.5) is 5.82 Å². The lowest BCUT2D eigenvalue weighted by Gasteiger charge is -2.15. The van der Waals surface area contributed by atoms with E-state index >= 15 is 0 Å². The van der Waals surface area contributed by atoms with E-state index in [0.717, 1.165) is 7.11 Å². The van der Waals surface area contributed by atoms with E-state index in [1.807, 2.05) is 0 Å². The number of rotatable bonds is 5. The van der Waals surface area contributed by atoms with E-state index in [2.05, 4.69) is 18.8 Å². The first-order chi connectivity index (χ1) is 12.0. The SMILES string of the molecule is CCC.CO.NCC(=O)OCC1CCC(n2ccc(NO)nc2=O)O1. The molecule has 1 saturated heterocycles. The molecule has 1 fully saturated rings. The first kappa shape index (κ1) is 23.0. The molecule has 144 valence electrons. The van der Waals surface area contributed by atoms with Crippen LogP contribution in [0, 0.1) is 0 Å². The highest BCUT2D eigenvalue weighted by Gasteiger charge is 2.28. The van der Waals surface area contributed by atoms with E-state index in [-0.39, 0.29) is 25.1 Å². The van der Waals surface area contributed by atoms with Crippen molar-refractivity contribution in [2.24, 2.45) is 5.73 Å². The lowest BCUT2D eigenvalue weighted by Crippen LogP contribution is -2.28. The van der Waals surface area contributed by atoms with Crippen molar-refractivity contribution in [3.8, 4) is 0 Å². The number of hydrogen-bond acceptors (Lipinski definition) is 9. The third kappa shape index (κ3) is 8.07. The van der Waals surface area contributed by atoms with Crippen molar-refractivity contribution in [1.29, 1.82) is 0 Å². The van der Waals surface area contributed by atoms with Crippen LogP contribution in [-0.4, -0.2) is 52.2 Å². The molecule has 10 heteroatoms. The molecule has 2 rings (SSSR count). The van der Waals surface area contributed by atoms with Crippen molar-refractivity contribution in [1.82, 2.24) is 9.55 Å². The molecule has 1 aromatic rings. The summed E-state index contributed by atoms with van der Waals surface area (Å²) in [6.45, 7) is 4.19. The van der Waals surface area contributed by atoms with E-state index in [1.54, 1.807) is 5.48 Å². The van der Waals surface area contributed by atoms with Gasteiger partial charge in [-0.15, -0.1) is 0 Å². The highest BCUT2D eigenvalue weighted by atomic mass is 16.6. The summed E-state index contributed by atoms with van der Waals surface area (Å²) in [5, 5.41) is 15.7. The van der Waals surface area contributed by atoms with Gasteiger partial charge in [-0.3, -0.25) is 20.0 Å². The molecule has 2 heterocycles. The number of esters is 1. The van der Waals surface area contributed by atoms with Crippen LogP contribution in [0.2, 0.25) is 0 Å². The Hall–Kier alpha value is -2.01. The van der Waals surface area contributed by atoms with Crippen molar-refractivity contribution in [3.05, 3.63) is 22.7 Å². The standard InChI is InChI=1S/C11H16N4O5.C3H8.CH4O/c12-5-10(16)19-6-7-1-2-9(20-7)15-4-3-8(14-18)13-11(15)17;1-3-2;1-2/h3-4,7,9,18H,1-2,5-6,12H2,(H,13,14,17);3H2,1-2H3;2H,1H3. The summed E-state index contributed by atoms with van der Waals surface area (Å²) in [6.07, 6.45) is 3.28. The van der Waals surface area contributed by atoms with Crippen molar-refractivity contribution in [2.75, 3.05) is 25.7 Å². The second kappa shape index (κ2) is 13.3. The van der Waals surface area contributed by atoms with Crippen LogP contribution < -0.4 is 16.9 Å². The summed E-state index contributed by atoms with van der Waals surface area (Å²) in [4.78, 5) is 26.3. The van der Waals surface area contributed by atoms with Gasteiger partial charge in [-0.2, -0.15) is 4.98 Å². The topological polar surface area (TPSA) is 149 Å². The van der Waals surface area contributed by atoms with Gasteiger partial charge in [0.05, 0.1) is 12.6 Å². The third-order valence-electron chi connectivity index (χ3n) is 2.94. The van der Waals surface area contributed by atoms with Crippen LogP contribution in [0.15, 0.2) is 17.1 Å². The Kier molecular flexibility index (Phi) is 12.2. The quantitative estimate of drug-likeness (QED) is 0.428. The number of hydrogen-bond donors (Lipinski definition) is 4. The predicted molar refractivity (Wildman–Crippen MR) is 91.2 cm³/mol. The van der Waals surface area contributed by atoms with Gasteiger partial charge < -0.3 is 20.3 Å². The second-order valence-corrected chi connectivity index (χ2v) is 5.00. The fraction of sp³-hybridized carbons (Fsp3) is 0.667. The van der Waals surface area contributed by atoms with E-state index in [1.165, 1.54) is 23.3 Å². The summed E-state index contributed by atoms with van der Waals surface area (Å²) < 4.78 is 11.8. The molecule has 25 heavy (non-hydrogen) atoms. The van der Waals surface area contributed by atoms with E-state index in [4.69, 9.17) is 25.5 Å². The minimum absolute atomic E-state index is 0.0673. The summed E-state index contributed by atoms with van der Waals surface area (Å²) >= 11 is 0. The zero-order valence-corrected chi connectivity index (χ0v) is 14.8. The fourth-order valence-corrected chi connectivity index (χ4v) is 1.95. The molecule has 0 bridgehead atoms. The number of aliphatic hydroxyl groups excluding tert-OH is 1. The Morgan fingerprint density at radius 2 is 2.12 bits per heavy atom. The normalized spacial score (nSPS) is 18.3. The maximum absolute atomic E-state index is 11.7. The number of aliphatic hydroxyl groups is 1. The van der Waals surface area contributed by atoms with Gasteiger partial charge in [0.15, 0.2) is 5.82 Å². The zero-order chi connectivity index (χ0) is 19.2. The Morgan fingerprint density at radius 1 is 1.48 bits per heavy atom. The van der Waals surface area contributed by atoms with E-state index in [0.29, 0.717) is 12.8 Å². The zero-order valence-electron chi connectivity index (χ0n) is 14.8. The van der Waals surface area contributed by atoms with Crippen molar-refractivity contribution in [2.45, 2.75) is 45.4 Å². The fourth-order valence-electron chi connectivity index (χ4n) is 1.95. The molecule has 1 aromatic heterocycles. The number of carbonyl (C=O) groups is 1. The molecule has 2 atom stereocenters. The number of aromatic nitrogens is 2. The van der Waals surface area contributed by atoms with Gasteiger partial charge in [0.25, 0.3) is 0 Å². The lowest BCUT2D eigenvalue weighted by molar-refractivity contribution is -0.146. The van der Waals surface area contributed by atoms with Crippen molar-refractivity contribution >= 4 is 11.8 Å². The van der Waals surface area contributed by atoms with E-state index in [9.17, 15) is 9.59 Å². The Morgan fingerprint density at radius 3 is 2.64 bits per heavy atom. The molecule has 5 N–H and O–H groups in total. The van der Waals surface area contributed by atoms with Gasteiger partial charge in [0, 0.05) is 13.3 Å². The summed E-state index contributed by atoms with van der Waals surface area (Å²) in [5.74, 6) is -0.424. The molecule has 0 amide bonds. The Bertz CT molecular complexity index is 551. The van der Waals surface area contributed by atoms with Crippen LogP contribution in [0.5, 0.6) is 0 Å². The second-order valence-electron chi connectivity index (χ2n) is 5.00. The Balaban J connectivity index is 0.00000104. The number of anilines is 1. The van der Waals surface area contributed by atoms with Crippen LogP contribution in [0.25, 0.3) is 0 Å². The first-order valence-electron chi connectivity index (χ1n) is 8.00. The average Bonchev–Trinajstić information content (AvgIpc) is 3.10. The maximum Gasteiger partial charge on any atom is 0.351 e. The predicted octanol–water partition coefficient (Wildman–Crippen LogP) is 0.249. The minimum atomic E-state index is -0.534. The van der Waals surface area contributed by atoms with Gasteiger partial charge in [-0.25, -0.2) is 4.79 Å². The molecule has 0 spiro atoms. The van der Waals surface area contributed by atoms with Crippen LogP contribution in [0.3, 0.4) is 0 Å². The summed E-state index contributed by atoms with van der Waals surface area (Å²) in [6, 6.07) is 1.45. The molecule has 0 saturated carbocycles. The lowest BCUT2D eigenvalue weighted by atomic mass is 10.2. The van der Waals surface area contributed by atoms with Crippen molar-refractivity contribution in [3.63, 3.8) is 0 Å². The number of nitrogens with two attached hydrogens (primary N) is 1. The van der Waals surface area contributed by atoms with Crippen LogP contribution in [0.1, 0.15) is 39.3 Å². The first-order valence-corrected chi connectivity index (χ1v) is 8.00.